The van der Waals surface area contributed by atoms with Crippen LogP contribution in [-0.4, -0.2) is 11.7 Å². The number of hydrogen-bond donors (Lipinski definition) is 0. The van der Waals surface area contributed by atoms with Gasteiger partial charge in [0.05, 0.1) is 11.3 Å². The van der Waals surface area contributed by atoms with Crippen molar-refractivity contribution in [3.63, 3.8) is 0 Å². The van der Waals surface area contributed by atoms with E-state index in [-0.39, 0.29) is 0 Å². The summed E-state index contributed by atoms with van der Waals surface area (Å²) in [5, 5.41) is 6.46. The van der Waals surface area contributed by atoms with Crippen LogP contribution in [0.15, 0.2) is 71.4 Å². The molecule has 134 valence electrons. The van der Waals surface area contributed by atoms with Gasteiger partial charge in [-0.05, 0) is 47.5 Å². The lowest BCUT2D eigenvalue weighted by Gasteiger charge is -2.13. The third-order valence-corrected chi connectivity index (χ3v) is 4.61. The van der Waals surface area contributed by atoms with Crippen LogP contribution in [0.3, 0.4) is 0 Å². The summed E-state index contributed by atoms with van der Waals surface area (Å²) in [6, 6.07) is 19.4. The number of nitrogens with zero attached hydrogens (tertiary/aromatic N) is 1. The first-order chi connectivity index (χ1) is 13.1. The lowest BCUT2D eigenvalue weighted by atomic mass is 10.00. The second-order valence-corrected chi connectivity index (χ2v) is 6.67. The van der Waals surface area contributed by atoms with Crippen molar-refractivity contribution in [3.8, 4) is 5.75 Å². The first kappa shape index (κ1) is 17.3. The Balaban J connectivity index is 1.77. The van der Waals surface area contributed by atoms with Gasteiger partial charge in [-0.25, -0.2) is 4.79 Å². The number of hydrogen-bond acceptors (Lipinski definition) is 4. The highest BCUT2D eigenvalue weighted by Crippen LogP contribution is 2.32. The van der Waals surface area contributed by atoms with Crippen molar-refractivity contribution in [3.05, 3.63) is 82.4 Å². The number of benzene rings is 3. The molecule has 3 aromatic rings. The third-order valence-electron chi connectivity index (χ3n) is 4.38. The van der Waals surface area contributed by atoms with Crippen LogP contribution in [0.5, 0.6) is 5.75 Å². The van der Waals surface area contributed by atoms with Gasteiger partial charge >= 0.3 is 5.97 Å². The zero-order chi connectivity index (χ0) is 18.8. The fourth-order valence-corrected chi connectivity index (χ4v) is 3.21. The predicted molar refractivity (Wildman–Crippen MR) is 107 cm³/mol. The number of halogens is 1. The average molecular weight is 378 g/mol. The molecule has 0 aromatic heterocycles. The van der Waals surface area contributed by atoms with Gasteiger partial charge in [0.15, 0.2) is 0 Å². The maximum atomic E-state index is 12.0. The first-order valence-electron chi connectivity index (χ1n) is 8.49. The molecular weight excluding hydrogens is 362 g/mol. The summed E-state index contributed by atoms with van der Waals surface area (Å²) in [6.45, 7) is 2.11. The quantitative estimate of drug-likeness (QED) is 0.452. The lowest BCUT2D eigenvalue weighted by Crippen LogP contribution is -2.03. The number of rotatable bonds is 4. The topological polar surface area (TPSA) is 47.9 Å². The minimum atomic E-state index is -0.457. The van der Waals surface area contributed by atoms with E-state index in [4.69, 9.17) is 21.2 Å². The molecule has 0 fully saturated rings. The second-order valence-electron chi connectivity index (χ2n) is 6.23. The molecule has 0 saturated heterocycles. The standard InChI is InChI=1S/C22H16ClNO3/c1-14-19(22(25)27-24-14)12-20-18-8-3-2-6-16(18)9-10-21(20)26-13-15-5-4-7-17(23)11-15/h2-12H,13H2,1H3/b19-12+. The van der Waals surface area contributed by atoms with Crippen LogP contribution in [0.25, 0.3) is 16.8 Å². The number of ether oxygens (including phenoxy) is 1. The minimum absolute atomic E-state index is 0.368. The smallest absolute Gasteiger partial charge is 0.367 e. The van der Waals surface area contributed by atoms with Crippen molar-refractivity contribution in [1.82, 2.24) is 0 Å². The zero-order valence-electron chi connectivity index (χ0n) is 14.6. The largest absolute Gasteiger partial charge is 0.488 e. The number of carbonyl (C=O) groups is 1. The first-order valence-corrected chi connectivity index (χ1v) is 8.86. The molecule has 0 amide bonds. The van der Waals surface area contributed by atoms with Crippen molar-refractivity contribution in [1.29, 1.82) is 0 Å². The van der Waals surface area contributed by atoms with Crippen molar-refractivity contribution in [2.75, 3.05) is 0 Å². The van der Waals surface area contributed by atoms with E-state index in [2.05, 4.69) is 5.16 Å². The van der Waals surface area contributed by atoms with Crippen molar-refractivity contribution in [2.24, 2.45) is 5.16 Å². The van der Waals surface area contributed by atoms with Crippen LogP contribution in [0.1, 0.15) is 18.1 Å². The molecule has 0 spiro atoms. The van der Waals surface area contributed by atoms with Gasteiger partial charge in [-0.1, -0.05) is 59.2 Å². The van der Waals surface area contributed by atoms with E-state index in [1.54, 1.807) is 13.0 Å². The van der Waals surface area contributed by atoms with E-state index in [1.807, 2.05) is 60.7 Å². The number of oxime groups is 1. The SMILES string of the molecule is CC1=NOC(=O)/C1=C/c1c(OCc2cccc(Cl)c2)ccc2ccccc12. The molecule has 5 heteroatoms. The summed E-state index contributed by atoms with van der Waals surface area (Å²) in [4.78, 5) is 16.8. The van der Waals surface area contributed by atoms with Gasteiger partial charge in [-0.2, -0.15) is 0 Å². The van der Waals surface area contributed by atoms with Gasteiger partial charge in [0, 0.05) is 10.6 Å². The molecule has 4 nitrogen and oxygen atoms in total. The van der Waals surface area contributed by atoms with Gasteiger partial charge < -0.3 is 9.57 Å². The van der Waals surface area contributed by atoms with Gasteiger partial charge in [-0.15, -0.1) is 0 Å². The fourth-order valence-electron chi connectivity index (χ4n) is 3.00. The maximum absolute atomic E-state index is 12.0. The third kappa shape index (κ3) is 3.57. The van der Waals surface area contributed by atoms with E-state index in [9.17, 15) is 4.79 Å². The van der Waals surface area contributed by atoms with E-state index in [0.717, 1.165) is 21.9 Å². The Hall–Kier alpha value is -3.11. The second kappa shape index (κ2) is 7.25. The Morgan fingerprint density at radius 1 is 1.11 bits per heavy atom. The molecule has 0 aliphatic carbocycles. The summed E-state index contributed by atoms with van der Waals surface area (Å²) in [7, 11) is 0. The Labute approximate surface area is 161 Å². The van der Waals surface area contributed by atoms with Gasteiger partial charge in [0.25, 0.3) is 0 Å². The summed E-state index contributed by atoms with van der Waals surface area (Å²) in [6.07, 6.45) is 1.78. The molecule has 0 atom stereocenters. The van der Waals surface area contributed by atoms with Crippen LogP contribution in [-0.2, 0) is 16.2 Å². The normalized spacial score (nSPS) is 15.1. The van der Waals surface area contributed by atoms with Crippen LogP contribution in [0, 0.1) is 0 Å². The van der Waals surface area contributed by atoms with Gasteiger partial charge in [0.1, 0.15) is 12.4 Å². The van der Waals surface area contributed by atoms with Crippen LogP contribution in [0.2, 0.25) is 5.02 Å². The van der Waals surface area contributed by atoms with E-state index < -0.39 is 5.97 Å². The Morgan fingerprint density at radius 3 is 2.74 bits per heavy atom. The fraction of sp³-hybridized carbons (Fsp3) is 0.0909. The monoisotopic (exact) mass is 377 g/mol. The van der Waals surface area contributed by atoms with Crippen LogP contribution >= 0.6 is 11.6 Å². The maximum Gasteiger partial charge on any atom is 0.367 e. The highest BCUT2D eigenvalue weighted by atomic mass is 35.5. The molecule has 0 radical (unpaired) electrons. The zero-order valence-corrected chi connectivity index (χ0v) is 15.4. The molecule has 1 aliphatic rings. The van der Waals surface area contributed by atoms with Gasteiger partial charge in [0.2, 0.25) is 0 Å². The molecule has 27 heavy (non-hydrogen) atoms. The summed E-state index contributed by atoms with van der Waals surface area (Å²) in [5.74, 6) is 0.218. The predicted octanol–water partition coefficient (Wildman–Crippen LogP) is 5.39. The molecule has 1 aliphatic heterocycles. The molecular formula is C22H16ClNO3. The van der Waals surface area contributed by atoms with E-state index in [1.165, 1.54) is 0 Å². The van der Waals surface area contributed by atoms with E-state index >= 15 is 0 Å². The van der Waals surface area contributed by atoms with Crippen LogP contribution in [0.4, 0.5) is 0 Å². The number of carbonyl (C=O) groups excluding carboxylic acids is 1. The molecule has 4 rings (SSSR count). The van der Waals surface area contributed by atoms with Crippen molar-refractivity contribution >= 4 is 40.1 Å². The molecule has 0 N–H and O–H groups in total. The molecule has 0 saturated carbocycles. The molecule has 0 bridgehead atoms. The van der Waals surface area contributed by atoms with Crippen molar-refractivity contribution < 1.29 is 14.4 Å². The van der Waals surface area contributed by atoms with Crippen molar-refractivity contribution in [2.45, 2.75) is 13.5 Å². The Morgan fingerprint density at radius 2 is 1.96 bits per heavy atom. The van der Waals surface area contributed by atoms with E-state index in [0.29, 0.717) is 28.7 Å². The number of fused-ring (bicyclic) bond motifs is 1. The molecule has 3 aromatic carbocycles. The van der Waals surface area contributed by atoms with Crippen LogP contribution < -0.4 is 4.74 Å². The molecule has 0 unspecified atom stereocenters. The molecule has 1 heterocycles. The minimum Gasteiger partial charge on any atom is -0.488 e. The Bertz CT molecular complexity index is 1100. The Kier molecular flexibility index (Phi) is 4.65. The average Bonchev–Trinajstić information content (AvgIpc) is 2.99. The highest BCUT2D eigenvalue weighted by Gasteiger charge is 2.23. The highest BCUT2D eigenvalue weighted by molar-refractivity contribution is 6.30. The summed E-state index contributed by atoms with van der Waals surface area (Å²) >= 11 is 6.05. The van der Waals surface area contributed by atoms with Gasteiger partial charge in [-0.3, -0.25) is 0 Å². The summed E-state index contributed by atoms with van der Waals surface area (Å²) < 4.78 is 6.07. The lowest BCUT2D eigenvalue weighted by molar-refractivity contribution is -0.136. The summed E-state index contributed by atoms with van der Waals surface area (Å²) in [5.41, 5.74) is 2.76.